The molecule has 4 heteroatoms. The average Bonchev–Trinajstić information content (AvgIpc) is 2.78. The van der Waals surface area contributed by atoms with Crippen LogP contribution in [0.2, 0.25) is 0 Å². The van der Waals surface area contributed by atoms with Gasteiger partial charge < -0.3 is 10.3 Å². The van der Waals surface area contributed by atoms with Gasteiger partial charge in [0.25, 0.3) is 0 Å². The molecule has 0 unspecified atom stereocenters. The third-order valence-electron chi connectivity index (χ3n) is 3.61. The van der Waals surface area contributed by atoms with E-state index in [1.165, 1.54) is 0 Å². The summed E-state index contributed by atoms with van der Waals surface area (Å²) in [7, 11) is 1.90. The molecular weight excluding hydrogens is 253 g/mol. The highest BCUT2D eigenvalue weighted by Gasteiger charge is 2.14. The second-order valence-electron chi connectivity index (χ2n) is 4.96. The molecule has 0 saturated carbocycles. The Labute approximate surface area is 116 Å². The Morgan fingerprint density at radius 2 is 2.05 bits per heavy atom. The van der Waals surface area contributed by atoms with E-state index in [-0.39, 0.29) is 5.82 Å². The van der Waals surface area contributed by atoms with Gasteiger partial charge in [-0.05, 0) is 36.2 Å². The van der Waals surface area contributed by atoms with Crippen LogP contribution in [0.1, 0.15) is 11.1 Å². The fourth-order valence-electron chi connectivity index (χ4n) is 2.42. The topological polar surface area (TPSA) is 43.8 Å². The van der Waals surface area contributed by atoms with Gasteiger partial charge in [-0.25, -0.2) is 9.37 Å². The van der Waals surface area contributed by atoms with Crippen LogP contribution in [0, 0.1) is 12.7 Å². The monoisotopic (exact) mass is 269 g/mol. The van der Waals surface area contributed by atoms with Crippen LogP contribution in [0.4, 0.5) is 4.39 Å². The molecule has 2 N–H and O–H groups in total. The average molecular weight is 269 g/mol. The zero-order valence-electron chi connectivity index (χ0n) is 11.5. The molecule has 20 heavy (non-hydrogen) atoms. The van der Waals surface area contributed by atoms with Crippen LogP contribution >= 0.6 is 0 Å². The predicted molar refractivity (Wildman–Crippen MR) is 78.7 cm³/mol. The molecule has 0 aliphatic heterocycles. The van der Waals surface area contributed by atoms with E-state index in [1.54, 1.807) is 19.1 Å². The van der Waals surface area contributed by atoms with E-state index in [9.17, 15) is 4.39 Å². The highest BCUT2D eigenvalue weighted by atomic mass is 19.1. The number of nitrogens with two attached hydrogens (primary N) is 1. The maximum atomic E-state index is 14.3. The van der Waals surface area contributed by atoms with Gasteiger partial charge >= 0.3 is 0 Å². The van der Waals surface area contributed by atoms with Crippen molar-refractivity contribution in [1.29, 1.82) is 0 Å². The lowest BCUT2D eigenvalue weighted by Gasteiger charge is -2.06. The molecule has 1 aromatic heterocycles. The molecule has 0 atom stereocenters. The maximum Gasteiger partial charge on any atom is 0.143 e. The van der Waals surface area contributed by atoms with Gasteiger partial charge in [-0.1, -0.05) is 18.2 Å². The molecule has 102 valence electrons. The fraction of sp³-hybridized carbons (Fsp3) is 0.188. The summed E-state index contributed by atoms with van der Waals surface area (Å²) in [4.78, 5) is 4.54. The smallest absolute Gasteiger partial charge is 0.143 e. The van der Waals surface area contributed by atoms with Gasteiger partial charge in [-0.2, -0.15) is 0 Å². The first-order valence-electron chi connectivity index (χ1n) is 6.52. The van der Waals surface area contributed by atoms with E-state index in [0.717, 1.165) is 16.6 Å². The molecule has 0 aliphatic carbocycles. The van der Waals surface area contributed by atoms with Gasteiger partial charge in [-0.15, -0.1) is 0 Å². The minimum absolute atomic E-state index is 0.218. The van der Waals surface area contributed by atoms with Gasteiger partial charge in [-0.3, -0.25) is 0 Å². The van der Waals surface area contributed by atoms with Crippen molar-refractivity contribution in [2.75, 3.05) is 0 Å². The first kappa shape index (κ1) is 12.8. The van der Waals surface area contributed by atoms with Crippen molar-refractivity contribution in [2.24, 2.45) is 12.8 Å². The number of nitrogens with zero attached hydrogens (tertiary/aromatic N) is 2. The molecule has 0 spiro atoms. The minimum atomic E-state index is -0.218. The van der Waals surface area contributed by atoms with Crippen molar-refractivity contribution >= 4 is 11.0 Å². The van der Waals surface area contributed by atoms with Crippen LogP contribution in [0.25, 0.3) is 22.4 Å². The maximum absolute atomic E-state index is 14.3. The van der Waals surface area contributed by atoms with E-state index in [0.29, 0.717) is 23.5 Å². The Morgan fingerprint density at radius 3 is 2.80 bits per heavy atom. The Bertz CT molecular complexity index is 790. The van der Waals surface area contributed by atoms with E-state index in [1.807, 2.05) is 35.9 Å². The highest BCUT2D eigenvalue weighted by Crippen LogP contribution is 2.27. The summed E-state index contributed by atoms with van der Waals surface area (Å²) >= 11 is 0. The van der Waals surface area contributed by atoms with Crippen molar-refractivity contribution in [3.05, 3.63) is 53.3 Å². The lowest BCUT2D eigenvalue weighted by atomic mass is 10.1. The molecule has 0 fully saturated rings. The number of hydrogen-bond donors (Lipinski definition) is 1. The molecule has 3 aromatic rings. The summed E-state index contributed by atoms with van der Waals surface area (Å²) in [5.41, 5.74) is 9.66. The summed E-state index contributed by atoms with van der Waals surface area (Å²) in [5, 5.41) is 0. The molecule has 3 rings (SSSR count). The van der Waals surface area contributed by atoms with Gasteiger partial charge in [0.1, 0.15) is 11.6 Å². The number of halogens is 1. The quantitative estimate of drug-likeness (QED) is 0.776. The molecule has 0 saturated heterocycles. The van der Waals surface area contributed by atoms with Crippen LogP contribution in [0.3, 0.4) is 0 Å². The van der Waals surface area contributed by atoms with Crippen molar-refractivity contribution < 1.29 is 4.39 Å². The number of benzene rings is 2. The molecular formula is C16H16FN3. The molecule has 0 radical (unpaired) electrons. The second kappa shape index (κ2) is 4.72. The fourth-order valence-corrected chi connectivity index (χ4v) is 2.42. The highest BCUT2D eigenvalue weighted by molar-refractivity contribution is 5.81. The lowest BCUT2D eigenvalue weighted by molar-refractivity contribution is 0.620. The third kappa shape index (κ3) is 1.89. The normalized spacial score (nSPS) is 11.2. The van der Waals surface area contributed by atoms with Crippen LogP contribution in [-0.2, 0) is 13.6 Å². The number of aromatic nitrogens is 2. The van der Waals surface area contributed by atoms with E-state index in [4.69, 9.17) is 5.73 Å². The van der Waals surface area contributed by atoms with Gasteiger partial charge in [0.2, 0.25) is 0 Å². The minimum Gasteiger partial charge on any atom is -0.327 e. The van der Waals surface area contributed by atoms with Gasteiger partial charge in [0.05, 0.1) is 16.6 Å². The van der Waals surface area contributed by atoms with E-state index < -0.39 is 0 Å². The number of hydrogen-bond acceptors (Lipinski definition) is 2. The Morgan fingerprint density at radius 1 is 1.25 bits per heavy atom. The van der Waals surface area contributed by atoms with Crippen molar-refractivity contribution in [3.63, 3.8) is 0 Å². The summed E-state index contributed by atoms with van der Waals surface area (Å²) in [6, 6.07) is 11.2. The standard InChI is InChI=1S/C16H16FN3/c1-10-4-3-5-12(15(10)17)16-19-13-7-6-11(9-18)8-14(13)20(16)2/h3-8H,9,18H2,1-2H3. The summed E-state index contributed by atoms with van der Waals surface area (Å²) < 4.78 is 16.2. The first-order chi connectivity index (χ1) is 9.61. The zero-order valence-corrected chi connectivity index (χ0v) is 11.5. The first-order valence-corrected chi connectivity index (χ1v) is 6.52. The Kier molecular flexibility index (Phi) is 3.03. The Balaban J connectivity index is 2.27. The van der Waals surface area contributed by atoms with Crippen molar-refractivity contribution in [1.82, 2.24) is 9.55 Å². The molecule has 0 bridgehead atoms. The molecule has 2 aromatic carbocycles. The SMILES string of the molecule is Cc1cccc(-c2nc3ccc(CN)cc3n2C)c1F. The molecule has 1 heterocycles. The Hall–Kier alpha value is -2.20. The largest absolute Gasteiger partial charge is 0.327 e. The third-order valence-corrected chi connectivity index (χ3v) is 3.61. The molecule has 0 aliphatic rings. The molecule has 3 nitrogen and oxygen atoms in total. The predicted octanol–water partition coefficient (Wildman–Crippen LogP) is 3.15. The second-order valence-corrected chi connectivity index (χ2v) is 4.96. The van der Waals surface area contributed by atoms with E-state index in [2.05, 4.69) is 4.98 Å². The summed E-state index contributed by atoms with van der Waals surface area (Å²) in [5.74, 6) is 0.417. The van der Waals surface area contributed by atoms with Crippen molar-refractivity contribution in [3.8, 4) is 11.4 Å². The van der Waals surface area contributed by atoms with E-state index >= 15 is 0 Å². The number of imidazole rings is 1. The van der Waals surface area contributed by atoms with Crippen LogP contribution in [0.15, 0.2) is 36.4 Å². The zero-order chi connectivity index (χ0) is 14.3. The van der Waals surface area contributed by atoms with Gasteiger partial charge in [0, 0.05) is 13.6 Å². The van der Waals surface area contributed by atoms with Crippen LogP contribution in [0.5, 0.6) is 0 Å². The molecule has 0 amide bonds. The number of fused-ring (bicyclic) bond motifs is 1. The number of aryl methyl sites for hydroxylation is 2. The van der Waals surface area contributed by atoms with Crippen LogP contribution in [-0.4, -0.2) is 9.55 Å². The lowest BCUT2D eigenvalue weighted by Crippen LogP contribution is -1.98. The van der Waals surface area contributed by atoms with Gasteiger partial charge in [0.15, 0.2) is 0 Å². The van der Waals surface area contributed by atoms with Crippen LogP contribution < -0.4 is 5.73 Å². The summed E-state index contributed by atoms with van der Waals surface area (Å²) in [6.07, 6.45) is 0. The number of rotatable bonds is 2. The van der Waals surface area contributed by atoms with Crippen molar-refractivity contribution in [2.45, 2.75) is 13.5 Å². The summed E-state index contributed by atoms with van der Waals surface area (Å²) in [6.45, 7) is 2.24.